The predicted molar refractivity (Wildman–Crippen MR) is 117 cm³/mol. The summed E-state index contributed by atoms with van der Waals surface area (Å²) < 4.78 is 63.9. The summed E-state index contributed by atoms with van der Waals surface area (Å²) in [6, 6.07) is 5.65. The number of hydrogen-bond acceptors (Lipinski definition) is 6. The molecule has 1 aromatic heterocycles. The van der Waals surface area contributed by atoms with Crippen LogP contribution in [0, 0.1) is 5.82 Å². The SMILES string of the molecule is Fc1c(Nc2ncnc3cc(OCC(F)(F)F)c(OC4CCNCC4)cc23)ccc(Cl)c1Cl. The molecule has 0 unspecified atom stereocenters. The zero-order valence-corrected chi connectivity index (χ0v) is 18.5. The van der Waals surface area contributed by atoms with Crippen molar-refractivity contribution in [1.29, 1.82) is 0 Å². The van der Waals surface area contributed by atoms with Crippen LogP contribution in [0.5, 0.6) is 11.5 Å². The van der Waals surface area contributed by atoms with Crippen molar-refractivity contribution in [3.8, 4) is 11.5 Å². The van der Waals surface area contributed by atoms with Gasteiger partial charge in [0.25, 0.3) is 0 Å². The van der Waals surface area contributed by atoms with Crippen LogP contribution < -0.4 is 20.1 Å². The number of nitrogens with one attached hydrogen (secondary N) is 2. The van der Waals surface area contributed by atoms with Crippen molar-refractivity contribution in [2.24, 2.45) is 0 Å². The Bertz CT molecular complexity index is 1160. The van der Waals surface area contributed by atoms with E-state index in [1.54, 1.807) is 0 Å². The highest BCUT2D eigenvalue weighted by molar-refractivity contribution is 6.42. The lowest BCUT2D eigenvalue weighted by atomic mass is 10.1. The number of fused-ring (bicyclic) bond motifs is 1. The lowest BCUT2D eigenvalue weighted by Gasteiger charge is -2.25. The Morgan fingerprint density at radius 3 is 2.58 bits per heavy atom. The Labute approximate surface area is 196 Å². The first kappa shape index (κ1) is 23.6. The molecule has 2 heterocycles. The number of hydrogen-bond donors (Lipinski definition) is 2. The third-order valence-corrected chi connectivity index (χ3v) is 5.74. The molecular formula is C21H18Cl2F4N4O2. The van der Waals surface area contributed by atoms with Crippen LogP contribution in [0.3, 0.4) is 0 Å². The number of rotatable bonds is 6. The molecule has 12 heteroatoms. The fourth-order valence-electron chi connectivity index (χ4n) is 3.37. The Kier molecular flexibility index (Phi) is 6.96. The van der Waals surface area contributed by atoms with E-state index in [9.17, 15) is 17.6 Å². The maximum atomic E-state index is 14.5. The number of halogens is 6. The van der Waals surface area contributed by atoms with Gasteiger partial charge in [0.15, 0.2) is 23.9 Å². The van der Waals surface area contributed by atoms with Crippen molar-refractivity contribution < 1.29 is 27.0 Å². The molecule has 0 saturated carbocycles. The molecule has 0 atom stereocenters. The summed E-state index contributed by atoms with van der Waals surface area (Å²) in [5.74, 6) is -0.545. The number of nitrogens with zero attached hydrogens (tertiary/aromatic N) is 2. The van der Waals surface area contributed by atoms with E-state index in [4.69, 9.17) is 32.7 Å². The topological polar surface area (TPSA) is 68.3 Å². The molecule has 33 heavy (non-hydrogen) atoms. The van der Waals surface area contributed by atoms with E-state index in [1.165, 1.54) is 30.6 Å². The highest BCUT2D eigenvalue weighted by atomic mass is 35.5. The Balaban J connectivity index is 1.73. The zero-order chi connectivity index (χ0) is 23.6. The Morgan fingerprint density at radius 2 is 1.85 bits per heavy atom. The van der Waals surface area contributed by atoms with Gasteiger partial charge in [-0.1, -0.05) is 23.2 Å². The second-order valence-electron chi connectivity index (χ2n) is 7.36. The van der Waals surface area contributed by atoms with Crippen molar-refractivity contribution in [3.63, 3.8) is 0 Å². The number of ether oxygens (including phenoxy) is 2. The second kappa shape index (κ2) is 9.74. The predicted octanol–water partition coefficient (Wildman–Crippen LogP) is 5.89. The zero-order valence-electron chi connectivity index (χ0n) is 17.0. The van der Waals surface area contributed by atoms with Gasteiger partial charge >= 0.3 is 6.18 Å². The van der Waals surface area contributed by atoms with Gasteiger partial charge in [0.2, 0.25) is 0 Å². The summed E-state index contributed by atoms with van der Waals surface area (Å²) in [4.78, 5) is 8.26. The normalized spacial score (nSPS) is 15.0. The first-order valence-electron chi connectivity index (χ1n) is 9.97. The van der Waals surface area contributed by atoms with Gasteiger partial charge < -0.3 is 20.1 Å². The van der Waals surface area contributed by atoms with Crippen LogP contribution in [-0.4, -0.2) is 41.9 Å². The minimum Gasteiger partial charge on any atom is -0.486 e. The summed E-state index contributed by atoms with van der Waals surface area (Å²) >= 11 is 11.7. The second-order valence-corrected chi connectivity index (χ2v) is 8.14. The van der Waals surface area contributed by atoms with Crippen molar-refractivity contribution in [1.82, 2.24) is 15.3 Å². The van der Waals surface area contributed by atoms with Crippen LogP contribution in [0.25, 0.3) is 10.9 Å². The molecule has 2 aromatic carbocycles. The lowest BCUT2D eigenvalue weighted by Crippen LogP contribution is -2.34. The van der Waals surface area contributed by atoms with Crippen molar-refractivity contribution >= 4 is 45.6 Å². The minimum atomic E-state index is -4.52. The maximum Gasteiger partial charge on any atom is 0.422 e. The molecule has 0 radical (unpaired) electrons. The molecule has 1 aliphatic heterocycles. The van der Waals surface area contributed by atoms with E-state index < -0.39 is 18.6 Å². The maximum absolute atomic E-state index is 14.5. The van der Waals surface area contributed by atoms with Crippen LogP contribution in [0.4, 0.5) is 29.1 Å². The van der Waals surface area contributed by atoms with Gasteiger partial charge in [-0.25, -0.2) is 14.4 Å². The molecule has 0 amide bonds. The smallest absolute Gasteiger partial charge is 0.422 e. The van der Waals surface area contributed by atoms with Crippen LogP contribution in [0.15, 0.2) is 30.6 Å². The van der Waals surface area contributed by atoms with Crippen molar-refractivity contribution in [3.05, 3.63) is 46.5 Å². The summed E-state index contributed by atoms with van der Waals surface area (Å²) in [7, 11) is 0. The van der Waals surface area contributed by atoms with Gasteiger partial charge in [-0.05, 0) is 44.1 Å². The molecule has 0 bridgehead atoms. The minimum absolute atomic E-state index is 0.0163. The monoisotopic (exact) mass is 504 g/mol. The average molecular weight is 505 g/mol. The van der Waals surface area contributed by atoms with Gasteiger partial charge in [-0.3, -0.25) is 0 Å². The molecule has 2 N–H and O–H groups in total. The van der Waals surface area contributed by atoms with E-state index in [1.807, 2.05) is 0 Å². The van der Waals surface area contributed by atoms with Crippen molar-refractivity contribution in [2.45, 2.75) is 25.1 Å². The summed E-state index contributed by atoms with van der Waals surface area (Å²) in [5.41, 5.74) is 0.297. The third kappa shape index (κ3) is 5.69. The number of benzene rings is 2. The molecule has 0 spiro atoms. The molecule has 1 saturated heterocycles. The Hall–Kier alpha value is -2.56. The molecule has 3 aromatic rings. The van der Waals surface area contributed by atoms with E-state index in [2.05, 4.69) is 20.6 Å². The van der Waals surface area contributed by atoms with Crippen LogP contribution >= 0.6 is 23.2 Å². The van der Waals surface area contributed by atoms with E-state index >= 15 is 0 Å². The first-order chi connectivity index (χ1) is 15.7. The molecule has 6 nitrogen and oxygen atoms in total. The van der Waals surface area contributed by atoms with Crippen molar-refractivity contribution in [2.75, 3.05) is 25.0 Å². The third-order valence-electron chi connectivity index (χ3n) is 4.96. The number of piperidine rings is 1. The Morgan fingerprint density at radius 1 is 1.09 bits per heavy atom. The molecule has 176 valence electrons. The first-order valence-corrected chi connectivity index (χ1v) is 10.7. The van der Waals surface area contributed by atoms with Gasteiger partial charge in [-0.2, -0.15) is 13.2 Å². The summed E-state index contributed by atoms with van der Waals surface area (Å²) in [6.45, 7) is -0.0290. The highest BCUT2D eigenvalue weighted by Gasteiger charge is 2.29. The van der Waals surface area contributed by atoms with Crippen LogP contribution in [0.1, 0.15) is 12.8 Å². The van der Waals surface area contributed by atoms with Gasteiger partial charge in [0, 0.05) is 11.5 Å². The largest absolute Gasteiger partial charge is 0.486 e. The molecule has 0 aliphatic carbocycles. The van der Waals surface area contributed by atoms with Gasteiger partial charge in [0.1, 0.15) is 18.2 Å². The fourth-order valence-corrected chi connectivity index (χ4v) is 3.68. The number of anilines is 2. The van der Waals surface area contributed by atoms with E-state index in [0.29, 0.717) is 18.2 Å². The van der Waals surface area contributed by atoms with Gasteiger partial charge in [-0.15, -0.1) is 0 Å². The fraction of sp³-hybridized carbons (Fsp3) is 0.333. The van der Waals surface area contributed by atoms with Crippen LogP contribution in [0.2, 0.25) is 10.0 Å². The van der Waals surface area contributed by atoms with Crippen LogP contribution in [-0.2, 0) is 0 Å². The standard InChI is InChI=1S/C21H18Cl2F4N4O2/c22-13-1-2-14(19(24)18(13)23)31-20-12-7-17(33-11-3-5-28-6-4-11)16(32-9-21(25,26)27)8-15(12)29-10-30-20/h1-2,7-8,10-11,28H,3-6,9H2,(H,29,30,31). The highest BCUT2D eigenvalue weighted by Crippen LogP contribution is 2.38. The van der Waals surface area contributed by atoms with E-state index in [-0.39, 0.29) is 44.7 Å². The van der Waals surface area contributed by atoms with Gasteiger partial charge in [0.05, 0.1) is 21.2 Å². The average Bonchev–Trinajstić information content (AvgIpc) is 2.78. The molecular weight excluding hydrogens is 487 g/mol. The summed E-state index contributed by atoms with van der Waals surface area (Å²) in [6.07, 6.45) is -2.17. The quantitative estimate of drug-likeness (QED) is 0.322. The number of alkyl halides is 3. The molecule has 1 aliphatic rings. The number of aromatic nitrogens is 2. The lowest BCUT2D eigenvalue weighted by molar-refractivity contribution is -0.153. The molecule has 1 fully saturated rings. The summed E-state index contributed by atoms with van der Waals surface area (Å²) in [5, 5.41) is 6.22. The molecule has 4 rings (SSSR count). The van der Waals surface area contributed by atoms with E-state index in [0.717, 1.165) is 13.1 Å².